The number of hydrogen-bond donors (Lipinski definition) is 1. The Balaban J connectivity index is 2.69. The van der Waals surface area contributed by atoms with E-state index in [1.54, 1.807) is 0 Å². The summed E-state index contributed by atoms with van der Waals surface area (Å²) in [5.41, 5.74) is 3.41. The zero-order chi connectivity index (χ0) is 12.8. The number of aryl methyl sites for hydroxylation is 2. The summed E-state index contributed by atoms with van der Waals surface area (Å²) in [6, 6.07) is 0. The maximum Gasteiger partial charge on any atom is 0.0863 e. The molecule has 0 saturated carbocycles. The van der Waals surface area contributed by atoms with E-state index >= 15 is 0 Å². The monoisotopic (exact) mass is 255 g/mol. The first-order chi connectivity index (χ1) is 8.10. The van der Waals surface area contributed by atoms with Crippen LogP contribution in [-0.2, 0) is 19.5 Å². The van der Waals surface area contributed by atoms with Crippen LogP contribution in [0.2, 0.25) is 5.02 Å². The van der Waals surface area contributed by atoms with E-state index in [-0.39, 0.29) is 0 Å². The van der Waals surface area contributed by atoms with Crippen LogP contribution in [0.25, 0.3) is 0 Å². The molecule has 0 radical (unpaired) electrons. The number of rotatable bonds is 6. The fourth-order valence-electron chi connectivity index (χ4n) is 1.65. The van der Waals surface area contributed by atoms with Crippen molar-refractivity contribution in [3.8, 4) is 0 Å². The number of nitrogens with one attached hydrogen (secondary N) is 1. The van der Waals surface area contributed by atoms with Crippen LogP contribution in [0, 0.1) is 0 Å². The van der Waals surface area contributed by atoms with Gasteiger partial charge in [-0.2, -0.15) is 5.10 Å². The summed E-state index contributed by atoms with van der Waals surface area (Å²) < 4.78 is 1.98. The van der Waals surface area contributed by atoms with E-state index in [4.69, 9.17) is 11.6 Å². The van der Waals surface area contributed by atoms with Crippen molar-refractivity contribution in [1.29, 1.82) is 0 Å². The molecule has 1 aromatic rings. The minimum atomic E-state index is 0.767. The molecule has 0 unspecified atom stereocenters. The molecule has 1 aromatic heterocycles. The zero-order valence-corrected chi connectivity index (χ0v) is 11.9. The van der Waals surface area contributed by atoms with E-state index in [1.165, 1.54) is 5.57 Å². The Hall–Kier alpha value is -0.800. The molecule has 0 aliphatic rings. The lowest BCUT2D eigenvalue weighted by Gasteiger charge is -2.05. The predicted octanol–water partition coefficient (Wildman–Crippen LogP) is 3.17. The van der Waals surface area contributed by atoms with Crippen LogP contribution in [-0.4, -0.2) is 16.3 Å². The summed E-state index contributed by atoms with van der Waals surface area (Å²) in [6.45, 7) is 10.9. The van der Waals surface area contributed by atoms with E-state index in [9.17, 15) is 0 Å². The lowest BCUT2D eigenvalue weighted by atomic mass is 10.3. The number of halogens is 1. The smallest absolute Gasteiger partial charge is 0.0863 e. The van der Waals surface area contributed by atoms with Crippen LogP contribution in [0.1, 0.15) is 39.1 Å². The highest BCUT2D eigenvalue weighted by molar-refractivity contribution is 6.31. The summed E-state index contributed by atoms with van der Waals surface area (Å²) in [5.74, 6) is 0. The number of allylic oxidation sites excluding steroid dienone is 1. The van der Waals surface area contributed by atoms with E-state index in [2.05, 4.69) is 44.2 Å². The molecule has 0 saturated heterocycles. The highest BCUT2D eigenvalue weighted by Gasteiger charge is 2.13. The third kappa shape index (κ3) is 3.86. The maximum absolute atomic E-state index is 6.31. The molecule has 0 bridgehead atoms. The van der Waals surface area contributed by atoms with Crippen molar-refractivity contribution in [3.63, 3.8) is 0 Å². The first-order valence-electron chi connectivity index (χ1n) is 6.18. The molecule has 1 rings (SSSR count). The first kappa shape index (κ1) is 14.3. The van der Waals surface area contributed by atoms with Gasteiger partial charge in [-0.25, -0.2) is 0 Å². The van der Waals surface area contributed by atoms with E-state index < -0.39 is 0 Å². The van der Waals surface area contributed by atoms with Gasteiger partial charge in [-0.05, 0) is 27.2 Å². The largest absolute Gasteiger partial charge is 0.308 e. The summed E-state index contributed by atoms with van der Waals surface area (Å²) in [4.78, 5) is 0. The fraction of sp³-hybridized carbons (Fsp3) is 0.615. The molecule has 0 amide bonds. The number of aromatic nitrogens is 2. The molecule has 0 aliphatic carbocycles. The normalized spacial score (nSPS) is 10.6. The van der Waals surface area contributed by atoms with E-state index in [1.807, 2.05) is 4.68 Å². The standard InChI is InChI=1S/C13H22ClN3/c1-5-11-13(14)12(17(6-2)16-11)9-15-8-7-10(3)4/h7,15H,5-6,8-9H2,1-4H3. The molecule has 0 aliphatic heterocycles. The zero-order valence-electron chi connectivity index (χ0n) is 11.2. The average Bonchev–Trinajstić information content (AvgIpc) is 2.61. The van der Waals surface area contributed by atoms with Crippen molar-refractivity contribution in [2.24, 2.45) is 0 Å². The minimum Gasteiger partial charge on any atom is -0.308 e. The van der Waals surface area contributed by atoms with Gasteiger partial charge in [0.15, 0.2) is 0 Å². The maximum atomic E-state index is 6.31. The lowest BCUT2D eigenvalue weighted by Crippen LogP contribution is -2.17. The van der Waals surface area contributed by atoms with Crippen LogP contribution in [0.4, 0.5) is 0 Å². The van der Waals surface area contributed by atoms with E-state index in [0.29, 0.717) is 0 Å². The van der Waals surface area contributed by atoms with Crippen LogP contribution in [0.15, 0.2) is 11.6 Å². The van der Waals surface area contributed by atoms with Gasteiger partial charge in [-0.3, -0.25) is 4.68 Å². The van der Waals surface area contributed by atoms with Gasteiger partial charge in [-0.15, -0.1) is 0 Å². The molecule has 4 heteroatoms. The Labute approximate surface area is 109 Å². The molecule has 0 aromatic carbocycles. The molecule has 0 atom stereocenters. The van der Waals surface area contributed by atoms with Gasteiger partial charge in [0.2, 0.25) is 0 Å². The molecule has 1 heterocycles. The quantitative estimate of drug-likeness (QED) is 0.625. The highest BCUT2D eigenvalue weighted by atomic mass is 35.5. The van der Waals surface area contributed by atoms with E-state index in [0.717, 1.165) is 42.5 Å². The van der Waals surface area contributed by atoms with Crippen LogP contribution in [0.3, 0.4) is 0 Å². The fourth-order valence-corrected chi connectivity index (χ4v) is 1.99. The van der Waals surface area contributed by atoms with Gasteiger partial charge in [0, 0.05) is 19.6 Å². The summed E-state index contributed by atoms with van der Waals surface area (Å²) >= 11 is 6.31. The number of hydrogen-bond acceptors (Lipinski definition) is 2. The average molecular weight is 256 g/mol. The summed E-state index contributed by atoms with van der Waals surface area (Å²) in [5, 5.41) is 8.67. The van der Waals surface area contributed by atoms with Crippen LogP contribution >= 0.6 is 11.6 Å². The Morgan fingerprint density at radius 1 is 1.41 bits per heavy atom. The molecule has 96 valence electrons. The molecule has 1 N–H and O–H groups in total. The van der Waals surface area contributed by atoms with Crippen molar-refractivity contribution in [3.05, 3.63) is 28.1 Å². The van der Waals surface area contributed by atoms with Gasteiger partial charge in [0.05, 0.1) is 16.4 Å². The molecule has 0 fully saturated rings. The molecule has 3 nitrogen and oxygen atoms in total. The van der Waals surface area contributed by atoms with Gasteiger partial charge in [0.25, 0.3) is 0 Å². The van der Waals surface area contributed by atoms with Crippen molar-refractivity contribution >= 4 is 11.6 Å². The van der Waals surface area contributed by atoms with Gasteiger partial charge < -0.3 is 5.32 Å². The Bertz CT molecular complexity index is 390. The third-order valence-electron chi connectivity index (χ3n) is 2.64. The van der Waals surface area contributed by atoms with Crippen molar-refractivity contribution < 1.29 is 0 Å². The third-order valence-corrected chi connectivity index (χ3v) is 3.08. The SMILES string of the molecule is CCc1nn(CC)c(CNCC=C(C)C)c1Cl. The lowest BCUT2D eigenvalue weighted by molar-refractivity contribution is 0.590. The molecule has 17 heavy (non-hydrogen) atoms. The Kier molecular flexibility index (Phi) is 5.72. The number of nitrogens with zero attached hydrogens (tertiary/aromatic N) is 2. The first-order valence-corrected chi connectivity index (χ1v) is 6.56. The minimum absolute atomic E-state index is 0.767. The predicted molar refractivity (Wildman–Crippen MR) is 73.4 cm³/mol. The molecular weight excluding hydrogens is 234 g/mol. The second-order valence-corrected chi connectivity index (χ2v) is 4.67. The molecule has 0 spiro atoms. The Morgan fingerprint density at radius 2 is 2.12 bits per heavy atom. The van der Waals surface area contributed by atoms with Gasteiger partial charge >= 0.3 is 0 Å². The van der Waals surface area contributed by atoms with Gasteiger partial charge in [0.1, 0.15) is 0 Å². The second-order valence-electron chi connectivity index (χ2n) is 4.29. The van der Waals surface area contributed by atoms with Crippen molar-refractivity contribution in [2.75, 3.05) is 6.54 Å². The summed E-state index contributed by atoms with van der Waals surface area (Å²) in [6.07, 6.45) is 3.05. The van der Waals surface area contributed by atoms with Crippen LogP contribution in [0.5, 0.6) is 0 Å². The Morgan fingerprint density at radius 3 is 2.65 bits per heavy atom. The van der Waals surface area contributed by atoms with Crippen molar-refractivity contribution in [2.45, 2.75) is 47.2 Å². The van der Waals surface area contributed by atoms with Crippen molar-refractivity contribution in [1.82, 2.24) is 15.1 Å². The molecular formula is C13H22ClN3. The highest BCUT2D eigenvalue weighted by Crippen LogP contribution is 2.21. The topological polar surface area (TPSA) is 29.9 Å². The second kappa shape index (κ2) is 6.82. The summed E-state index contributed by atoms with van der Waals surface area (Å²) in [7, 11) is 0. The van der Waals surface area contributed by atoms with Gasteiger partial charge in [-0.1, -0.05) is 30.2 Å². The van der Waals surface area contributed by atoms with Crippen LogP contribution < -0.4 is 5.32 Å².